The lowest BCUT2D eigenvalue weighted by atomic mass is 10.1. The van der Waals surface area contributed by atoms with Gasteiger partial charge in [-0.1, -0.05) is 33.8 Å². The zero-order valence-electron chi connectivity index (χ0n) is 14.6. The number of sulfonamides is 2. The van der Waals surface area contributed by atoms with Crippen LogP contribution in [0.15, 0.2) is 34.1 Å². The predicted octanol–water partition coefficient (Wildman–Crippen LogP) is 1.10. The fourth-order valence-electron chi connectivity index (χ4n) is 2.22. The molecule has 1 aromatic carbocycles. The van der Waals surface area contributed by atoms with Crippen LogP contribution < -0.4 is 4.72 Å². The summed E-state index contributed by atoms with van der Waals surface area (Å²) in [6.45, 7) is 7.02. The quantitative estimate of drug-likeness (QED) is 0.649. The van der Waals surface area contributed by atoms with E-state index in [0.29, 0.717) is 0 Å². The van der Waals surface area contributed by atoms with E-state index in [0.717, 1.165) is 6.07 Å². The summed E-state index contributed by atoms with van der Waals surface area (Å²) in [7, 11) is -8.01. The van der Waals surface area contributed by atoms with E-state index in [9.17, 15) is 21.6 Å². The second-order valence-corrected chi connectivity index (χ2v) is 9.40. The van der Waals surface area contributed by atoms with Gasteiger partial charge in [0.1, 0.15) is 6.04 Å². The van der Waals surface area contributed by atoms with Crippen molar-refractivity contribution < 1.29 is 26.7 Å². The Labute approximate surface area is 149 Å². The Kier molecular flexibility index (Phi) is 7.12. The molecular weight excluding hydrogens is 368 g/mol. The molecule has 0 aromatic heterocycles. The van der Waals surface area contributed by atoms with Crippen LogP contribution in [0.5, 0.6) is 0 Å². The van der Waals surface area contributed by atoms with Gasteiger partial charge in [-0.3, -0.25) is 4.79 Å². The average molecular weight is 392 g/mol. The Morgan fingerprint density at radius 1 is 1.12 bits per heavy atom. The third kappa shape index (κ3) is 5.00. The number of hydrogen-bond donors (Lipinski definition) is 2. The molecule has 0 aliphatic heterocycles. The van der Waals surface area contributed by atoms with Crippen LogP contribution in [0.4, 0.5) is 0 Å². The number of hydrogen-bond acceptors (Lipinski definition) is 5. The molecule has 2 N–H and O–H groups in total. The molecule has 1 atom stereocenters. The first-order chi connectivity index (χ1) is 11.5. The van der Waals surface area contributed by atoms with E-state index in [-0.39, 0.29) is 22.9 Å². The van der Waals surface area contributed by atoms with Gasteiger partial charge >= 0.3 is 5.97 Å². The van der Waals surface area contributed by atoms with Crippen LogP contribution in [0, 0.1) is 5.92 Å². The molecular formula is C15H24N2O6S2. The number of carboxylic acid groups (broad SMARTS) is 1. The minimum absolute atomic E-state index is 0.157. The first-order valence-corrected chi connectivity index (χ1v) is 10.7. The number of benzene rings is 1. The predicted molar refractivity (Wildman–Crippen MR) is 93.1 cm³/mol. The molecule has 0 bridgehead atoms. The highest BCUT2D eigenvalue weighted by Crippen LogP contribution is 2.20. The highest BCUT2D eigenvalue weighted by Gasteiger charge is 2.29. The standard InChI is InChI=1S/C15H24N2O6S2/c1-5-17(6-2)25(22,23)13-9-7-8-12(10-13)24(20,21)16-14(11(3)4)15(18)19/h7-11,14,16H,5-6H2,1-4H3,(H,18,19)/t14-/m0/s1. The molecule has 25 heavy (non-hydrogen) atoms. The molecule has 142 valence electrons. The maximum Gasteiger partial charge on any atom is 0.322 e. The van der Waals surface area contributed by atoms with Crippen molar-refractivity contribution >= 4 is 26.0 Å². The average Bonchev–Trinajstić information content (AvgIpc) is 2.53. The molecule has 10 heteroatoms. The summed E-state index contributed by atoms with van der Waals surface area (Å²) >= 11 is 0. The lowest BCUT2D eigenvalue weighted by Crippen LogP contribution is -2.44. The molecule has 0 amide bonds. The minimum atomic E-state index is -4.19. The molecule has 1 aromatic rings. The lowest BCUT2D eigenvalue weighted by molar-refractivity contribution is -0.140. The molecule has 0 aliphatic carbocycles. The Hall–Kier alpha value is -1.49. The van der Waals surface area contributed by atoms with E-state index in [2.05, 4.69) is 4.72 Å². The highest BCUT2D eigenvalue weighted by molar-refractivity contribution is 7.90. The summed E-state index contributed by atoms with van der Waals surface area (Å²) in [5.41, 5.74) is 0. The molecule has 0 radical (unpaired) electrons. The first kappa shape index (κ1) is 21.6. The van der Waals surface area contributed by atoms with Crippen molar-refractivity contribution in [3.63, 3.8) is 0 Å². The molecule has 1 rings (SSSR count). The van der Waals surface area contributed by atoms with Gasteiger partial charge in [0.15, 0.2) is 0 Å². The van der Waals surface area contributed by atoms with Crippen LogP contribution >= 0.6 is 0 Å². The maximum atomic E-state index is 12.5. The molecule has 8 nitrogen and oxygen atoms in total. The van der Waals surface area contributed by atoms with Gasteiger partial charge in [0.05, 0.1) is 9.79 Å². The van der Waals surface area contributed by atoms with Crippen molar-refractivity contribution in [1.29, 1.82) is 0 Å². The summed E-state index contributed by atoms with van der Waals surface area (Å²) < 4.78 is 53.3. The molecule has 0 spiro atoms. The van der Waals surface area contributed by atoms with Gasteiger partial charge in [-0.15, -0.1) is 0 Å². The van der Waals surface area contributed by atoms with Crippen LogP contribution in [-0.2, 0) is 24.8 Å². The molecule has 0 unspecified atom stereocenters. The van der Waals surface area contributed by atoms with Crippen molar-refractivity contribution in [3.05, 3.63) is 24.3 Å². The van der Waals surface area contributed by atoms with Gasteiger partial charge in [0.2, 0.25) is 20.0 Å². The number of aliphatic carboxylic acids is 1. The SMILES string of the molecule is CCN(CC)S(=O)(=O)c1cccc(S(=O)(=O)N[C@H](C(=O)O)C(C)C)c1. The van der Waals surface area contributed by atoms with E-state index in [1.165, 1.54) is 22.5 Å². The number of nitrogens with one attached hydrogen (secondary N) is 1. The summed E-state index contributed by atoms with van der Waals surface area (Å²) in [5, 5.41) is 9.14. The van der Waals surface area contributed by atoms with Gasteiger partial charge in [-0.25, -0.2) is 16.8 Å². The van der Waals surface area contributed by atoms with E-state index in [1.54, 1.807) is 27.7 Å². The minimum Gasteiger partial charge on any atom is -0.480 e. The summed E-state index contributed by atoms with van der Waals surface area (Å²) in [6, 6.07) is 3.57. The Morgan fingerprint density at radius 3 is 2.08 bits per heavy atom. The zero-order chi connectivity index (χ0) is 19.4. The molecule has 0 saturated heterocycles. The topological polar surface area (TPSA) is 121 Å². The Balaban J connectivity index is 3.30. The number of nitrogens with zero attached hydrogens (tertiary/aromatic N) is 1. The van der Waals surface area contributed by atoms with E-state index in [4.69, 9.17) is 5.11 Å². The van der Waals surface area contributed by atoms with Crippen molar-refractivity contribution in [3.8, 4) is 0 Å². The van der Waals surface area contributed by atoms with E-state index >= 15 is 0 Å². The Bertz CT molecular complexity index is 814. The van der Waals surface area contributed by atoms with Gasteiger partial charge < -0.3 is 5.11 Å². The summed E-state index contributed by atoms with van der Waals surface area (Å²) in [5.74, 6) is -1.78. The maximum absolute atomic E-state index is 12.5. The van der Waals surface area contributed by atoms with Gasteiger partial charge in [0, 0.05) is 13.1 Å². The molecule has 0 fully saturated rings. The Morgan fingerprint density at radius 2 is 1.64 bits per heavy atom. The summed E-state index contributed by atoms with van der Waals surface area (Å²) in [4.78, 5) is 10.8. The third-order valence-corrected chi connectivity index (χ3v) is 7.16. The van der Waals surface area contributed by atoms with Crippen molar-refractivity contribution in [2.24, 2.45) is 5.92 Å². The van der Waals surface area contributed by atoms with Crippen LogP contribution in [0.2, 0.25) is 0 Å². The van der Waals surface area contributed by atoms with Gasteiger partial charge in [-0.2, -0.15) is 9.03 Å². The second-order valence-electron chi connectivity index (χ2n) is 5.75. The van der Waals surface area contributed by atoms with E-state index < -0.39 is 38.0 Å². The van der Waals surface area contributed by atoms with Crippen LogP contribution in [-0.4, -0.2) is 51.3 Å². The van der Waals surface area contributed by atoms with Gasteiger partial charge in [0.25, 0.3) is 0 Å². The van der Waals surface area contributed by atoms with Crippen molar-refractivity contribution in [1.82, 2.24) is 9.03 Å². The number of rotatable bonds is 9. The fourth-order valence-corrected chi connectivity index (χ4v) is 5.18. The molecule has 0 heterocycles. The highest BCUT2D eigenvalue weighted by atomic mass is 32.2. The third-order valence-electron chi connectivity index (χ3n) is 3.67. The second kappa shape index (κ2) is 8.26. The zero-order valence-corrected chi connectivity index (χ0v) is 16.3. The van der Waals surface area contributed by atoms with Crippen molar-refractivity contribution in [2.45, 2.75) is 43.5 Å². The van der Waals surface area contributed by atoms with Crippen LogP contribution in [0.25, 0.3) is 0 Å². The molecule has 0 aliphatic rings. The monoisotopic (exact) mass is 392 g/mol. The largest absolute Gasteiger partial charge is 0.480 e. The fraction of sp³-hybridized carbons (Fsp3) is 0.533. The lowest BCUT2D eigenvalue weighted by Gasteiger charge is -2.20. The first-order valence-electron chi connectivity index (χ1n) is 7.82. The number of carboxylic acids is 1. The summed E-state index contributed by atoms with van der Waals surface area (Å²) in [6.07, 6.45) is 0. The van der Waals surface area contributed by atoms with Gasteiger partial charge in [-0.05, 0) is 24.1 Å². The smallest absolute Gasteiger partial charge is 0.322 e. The van der Waals surface area contributed by atoms with Crippen LogP contribution in [0.1, 0.15) is 27.7 Å². The number of carbonyl (C=O) groups is 1. The van der Waals surface area contributed by atoms with Crippen LogP contribution in [0.3, 0.4) is 0 Å². The normalized spacial score (nSPS) is 14.0. The van der Waals surface area contributed by atoms with Crippen molar-refractivity contribution in [2.75, 3.05) is 13.1 Å². The molecule has 0 saturated carbocycles. The van der Waals surface area contributed by atoms with E-state index in [1.807, 2.05) is 0 Å².